The molecule has 256 valence electrons. The van der Waals surface area contributed by atoms with Crippen LogP contribution in [0.15, 0.2) is 102 Å². The summed E-state index contributed by atoms with van der Waals surface area (Å²) in [5.74, 6) is -2.18. The first-order valence-corrected chi connectivity index (χ1v) is 15.2. The molecule has 5 rings (SSSR count). The van der Waals surface area contributed by atoms with Crippen LogP contribution in [0, 0.1) is 5.82 Å². The number of benzene rings is 4. The molecule has 4 aromatic carbocycles. The molecular weight excluding hydrogens is 639 g/mol. The molecule has 49 heavy (non-hydrogen) atoms. The molecule has 1 fully saturated rings. The molecule has 0 radical (unpaired) electrons. The third-order valence-electron chi connectivity index (χ3n) is 7.79. The first-order chi connectivity index (χ1) is 23.5. The predicted molar refractivity (Wildman–Crippen MR) is 177 cm³/mol. The van der Waals surface area contributed by atoms with Crippen LogP contribution >= 0.6 is 0 Å². The Morgan fingerprint density at radius 1 is 0.918 bits per heavy atom. The largest absolute Gasteiger partial charge is 0.478 e. The summed E-state index contributed by atoms with van der Waals surface area (Å²) in [6, 6.07) is 23.5. The van der Waals surface area contributed by atoms with Gasteiger partial charge in [0.25, 0.3) is 5.91 Å². The maximum Gasteiger partial charge on any atom is 0.337 e. The molecule has 0 aromatic heterocycles. The van der Waals surface area contributed by atoms with E-state index >= 15 is 0 Å². The standard InChI is InChI=1S/C35H35FN4O9/c36-21-9-5-7-19(15-21)17-38-32(37)20-8-6-10-22(16-20)39-28(33(45)40-25-13-3-1-11-23(25)34(46)47)24-12-2-4-14-26(24)48-35-31(44)30(43)29(42)27(18-41)49-35/h1-16,27-31,35,39,41-44H,17-18H2,(H2,37,38)(H,40,45)(H,46,47). The number of nitrogens with two attached hydrogens (primary N) is 1. The minimum atomic E-state index is -1.72. The Bertz CT molecular complexity index is 1820. The molecule has 0 saturated carbocycles. The Morgan fingerprint density at radius 3 is 2.41 bits per heavy atom. The van der Waals surface area contributed by atoms with Crippen molar-refractivity contribution >= 4 is 29.1 Å². The predicted octanol–water partition coefficient (Wildman–Crippen LogP) is 2.40. The summed E-state index contributed by atoms with van der Waals surface area (Å²) < 4.78 is 25.1. The van der Waals surface area contributed by atoms with E-state index in [1.807, 2.05) is 0 Å². The number of nitrogens with zero attached hydrogens (tertiary/aromatic N) is 1. The van der Waals surface area contributed by atoms with E-state index in [9.17, 15) is 39.5 Å². The van der Waals surface area contributed by atoms with Gasteiger partial charge in [0.15, 0.2) is 0 Å². The number of nitrogens with one attached hydrogen (secondary N) is 2. The lowest BCUT2D eigenvalue weighted by atomic mass is 9.99. The van der Waals surface area contributed by atoms with E-state index < -0.39 is 61.0 Å². The van der Waals surface area contributed by atoms with Crippen LogP contribution in [0.2, 0.25) is 0 Å². The summed E-state index contributed by atoms with van der Waals surface area (Å²) in [5, 5.41) is 56.2. The van der Waals surface area contributed by atoms with Gasteiger partial charge in [-0.15, -0.1) is 0 Å². The molecule has 14 heteroatoms. The van der Waals surface area contributed by atoms with E-state index in [1.165, 1.54) is 36.4 Å². The van der Waals surface area contributed by atoms with Crippen molar-refractivity contribution in [3.05, 3.63) is 125 Å². The number of amides is 1. The molecular formula is C35H35FN4O9. The van der Waals surface area contributed by atoms with Gasteiger partial charge in [0.2, 0.25) is 6.29 Å². The summed E-state index contributed by atoms with van der Waals surface area (Å²) in [5.41, 5.74) is 7.86. The molecule has 1 saturated heterocycles. The number of amidine groups is 1. The molecule has 4 aromatic rings. The number of hydrogen-bond acceptors (Lipinski definition) is 10. The molecule has 1 amide bonds. The summed E-state index contributed by atoms with van der Waals surface area (Å²) in [6.07, 6.45) is -7.83. The molecule has 1 aliphatic rings. The van der Waals surface area contributed by atoms with Gasteiger partial charge in [-0.05, 0) is 48.0 Å². The van der Waals surface area contributed by atoms with Crippen LogP contribution in [0.5, 0.6) is 5.75 Å². The number of para-hydroxylation sites is 2. The number of aliphatic hydroxyl groups is 4. The number of anilines is 2. The zero-order valence-electron chi connectivity index (χ0n) is 25.9. The maximum absolute atomic E-state index is 14.0. The molecule has 0 spiro atoms. The zero-order valence-corrected chi connectivity index (χ0v) is 25.9. The lowest BCUT2D eigenvalue weighted by Gasteiger charge is -2.39. The number of aromatic carboxylic acids is 1. The van der Waals surface area contributed by atoms with Crippen LogP contribution in [0.3, 0.4) is 0 Å². The highest BCUT2D eigenvalue weighted by atomic mass is 19.1. The van der Waals surface area contributed by atoms with Crippen LogP contribution < -0.4 is 21.1 Å². The normalized spacial score (nSPS) is 21.4. The van der Waals surface area contributed by atoms with Crippen molar-refractivity contribution in [3.8, 4) is 5.75 Å². The van der Waals surface area contributed by atoms with E-state index in [4.69, 9.17) is 15.2 Å². The summed E-state index contributed by atoms with van der Waals surface area (Å²) in [6.45, 7) is -0.551. The number of carbonyl (C=O) groups excluding carboxylic acids is 1. The Morgan fingerprint density at radius 2 is 1.65 bits per heavy atom. The fourth-order valence-corrected chi connectivity index (χ4v) is 5.22. The highest BCUT2D eigenvalue weighted by molar-refractivity contribution is 6.03. The first-order valence-electron chi connectivity index (χ1n) is 15.2. The van der Waals surface area contributed by atoms with Crippen molar-refractivity contribution < 1.29 is 49.0 Å². The number of aliphatic hydroxyl groups excluding tert-OH is 4. The van der Waals surface area contributed by atoms with Gasteiger partial charge in [-0.3, -0.25) is 9.79 Å². The van der Waals surface area contributed by atoms with Gasteiger partial charge in [-0.25, -0.2) is 9.18 Å². The SMILES string of the molecule is NC(=NCc1cccc(F)c1)c1cccc(NC(C(=O)Nc2ccccc2C(=O)O)c2ccccc2OC2OC(CO)C(O)C(O)C2O)c1. The second-order valence-electron chi connectivity index (χ2n) is 11.2. The summed E-state index contributed by atoms with van der Waals surface area (Å²) in [4.78, 5) is 30.3. The van der Waals surface area contributed by atoms with Crippen LogP contribution in [-0.2, 0) is 16.1 Å². The quantitative estimate of drug-likeness (QED) is 0.0806. The number of carboxylic acid groups (broad SMARTS) is 1. The maximum atomic E-state index is 14.0. The van der Waals surface area contributed by atoms with Crippen LogP contribution in [0.25, 0.3) is 0 Å². The fourth-order valence-electron chi connectivity index (χ4n) is 5.22. The van der Waals surface area contributed by atoms with Crippen LogP contribution in [0.1, 0.15) is 33.1 Å². The number of halogens is 1. The van der Waals surface area contributed by atoms with E-state index in [0.717, 1.165) is 0 Å². The van der Waals surface area contributed by atoms with E-state index in [0.29, 0.717) is 16.8 Å². The van der Waals surface area contributed by atoms with Gasteiger partial charge in [0.1, 0.15) is 47.9 Å². The van der Waals surface area contributed by atoms with Crippen molar-refractivity contribution in [2.24, 2.45) is 10.7 Å². The lowest BCUT2D eigenvalue weighted by molar-refractivity contribution is -0.277. The molecule has 0 bridgehead atoms. The van der Waals surface area contributed by atoms with Crippen LogP contribution in [-0.4, -0.2) is 80.6 Å². The minimum Gasteiger partial charge on any atom is -0.478 e. The van der Waals surface area contributed by atoms with E-state index in [1.54, 1.807) is 60.7 Å². The molecule has 9 N–H and O–H groups in total. The molecule has 6 atom stereocenters. The topological polar surface area (TPSA) is 216 Å². The first kappa shape index (κ1) is 34.9. The molecule has 1 aliphatic heterocycles. The van der Waals surface area contributed by atoms with Gasteiger partial charge in [0, 0.05) is 16.8 Å². The van der Waals surface area contributed by atoms with E-state index in [-0.39, 0.29) is 34.9 Å². The number of carbonyl (C=O) groups is 2. The average molecular weight is 675 g/mol. The number of aliphatic imine (C=N–C) groups is 1. The van der Waals surface area contributed by atoms with Gasteiger partial charge >= 0.3 is 5.97 Å². The molecule has 6 unspecified atom stereocenters. The zero-order chi connectivity index (χ0) is 35.1. The molecule has 0 aliphatic carbocycles. The van der Waals surface area contributed by atoms with Crippen LogP contribution in [0.4, 0.5) is 15.8 Å². The van der Waals surface area contributed by atoms with Crippen molar-refractivity contribution in [1.29, 1.82) is 0 Å². The Hall–Kier alpha value is -5.38. The number of ether oxygens (including phenoxy) is 2. The van der Waals surface area contributed by atoms with Crippen molar-refractivity contribution in [2.75, 3.05) is 17.2 Å². The van der Waals surface area contributed by atoms with Gasteiger partial charge in [-0.2, -0.15) is 0 Å². The Kier molecular flexibility index (Phi) is 11.2. The lowest BCUT2D eigenvalue weighted by Crippen LogP contribution is -2.60. The van der Waals surface area contributed by atoms with E-state index in [2.05, 4.69) is 15.6 Å². The highest BCUT2D eigenvalue weighted by Crippen LogP contribution is 2.33. The summed E-state index contributed by atoms with van der Waals surface area (Å²) >= 11 is 0. The third kappa shape index (κ3) is 8.38. The van der Waals surface area contributed by atoms with Gasteiger partial charge < -0.3 is 51.4 Å². The number of hydrogen-bond donors (Lipinski definition) is 8. The smallest absolute Gasteiger partial charge is 0.337 e. The Labute approximate surface area is 280 Å². The Balaban J connectivity index is 1.48. The second-order valence-corrected chi connectivity index (χ2v) is 11.2. The number of carboxylic acids is 1. The van der Waals surface area contributed by atoms with Gasteiger partial charge in [-0.1, -0.05) is 54.6 Å². The minimum absolute atomic E-state index is 0.0262. The van der Waals surface area contributed by atoms with Gasteiger partial charge in [0.05, 0.1) is 24.4 Å². The molecule has 13 nitrogen and oxygen atoms in total. The molecule has 1 heterocycles. The van der Waals surface area contributed by atoms with Crippen molar-refractivity contribution in [1.82, 2.24) is 0 Å². The average Bonchev–Trinajstić information content (AvgIpc) is 3.10. The second kappa shape index (κ2) is 15.7. The highest BCUT2D eigenvalue weighted by Gasteiger charge is 2.45. The third-order valence-corrected chi connectivity index (χ3v) is 7.79. The fraction of sp³-hybridized carbons (Fsp3) is 0.229. The van der Waals surface area contributed by atoms with Crippen molar-refractivity contribution in [2.45, 2.75) is 43.3 Å². The monoisotopic (exact) mass is 674 g/mol. The van der Waals surface area contributed by atoms with Crippen molar-refractivity contribution in [3.63, 3.8) is 0 Å². The summed E-state index contributed by atoms with van der Waals surface area (Å²) in [7, 11) is 0. The number of rotatable bonds is 12.